The van der Waals surface area contributed by atoms with E-state index in [1.54, 1.807) is 6.34 Å². The minimum atomic E-state index is -0.154. The van der Waals surface area contributed by atoms with E-state index >= 15 is 0 Å². The second-order valence-electron chi connectivity index (χ2n) is 10.7. The zero-order valence-electron chi connectivity index (χ0n) is 22.6. The quantitative estimate of drug-likeness (QED) is 0.264. The van der Waals surface area contributed by atoms with Crippen LogP contribution in [-0.2, 0) is 6.42 Å². The molecule has 3 aromatic carbocycles. The summed E-state index contributed by atoms with van der Waals surface area (Å²) < 4.78 is 0. The van der Waals surface area contributed by atoms with Gasteiger partial charge in [0, 0.05) is 24.0 Å². The second kappa shape index (κ2) is 11.0. The molecule has 8 nitrogen and oxygen atoms in total. The Bertz CT molecular complexity index is 1790. The number of nitrogens with one attached hydrogen (secondary N) is 3. The molecule has 0 bridgehead atoms. The van der Waals surface area contributed by atoms with Crippen molar-refractivity contribution in [2.45, 2.75) is 31.2 Å². The molecule has 5 aromatic rings. The smallest absolute Gasteiger partial charge is 0.314 e. The minimum Gasteiger partial charge on any atom is -0.314 e. The van der Waals surface area contributed by atoms with Crippen LogP contribution in [0.15, 0.2) is 100.0 Å². The Morgan fingerprint density at radius 2 is 1.76 bits per heavy atom. The number of fused-ring (bicyclic) bond motifs is 1. The Labute approximate surface area is 237 Å². The number of hydrogen-bond donors (Lipinski definition) is 3. The van der Waals surface area contributed by atoms with E-state index in [1.807, 2.05) is 30.9 Å². The molecule has 0 aliphatic carbocycles. The van der Waals surface area contributed by atoms with E-state index in [4.69, 9.17) is 0 Å². The molecule has 8 heteroatoms. The fourth-order valence-electron chi connectivity index (χ4n) is 6.28. The molecule has 2 aliphatic heterocycles. The Hall–Kier alpha value is -4.82. The highest BCUT2D eigenvalue weighted by molar-refractivity contribution is 5.95. The van der Waals surface area contributed by atoms with E-state index in [9.17, 15) is 4.79 Å². The van der Waals surface area contributed by atoms with Crippen molar-refractivity contribution < 1.29 is 0 Å². The number of aromatic amines is 2. The first-order valence-corrected chi connectivity index (χ1v) is 14.1. The summed E-state index contributed by atoms with van der Waals surface area (Å²) in [5, 5.41) is 3.80. The molecule has 2 atom stereocenters. The number of nitrogens with zero attached hydrogens (tertiary/aromatic N) is 4. The molecule has 204 valence electrons. The van der Waals surface area contributed by atoms with Crippen molar-refractivity contribution in [2.24, 2.45) is 9.98 Å². The first kappa shape index (κ1) is 25.2. The van der Waals surface area contributed by atoms with Crippen LogP contribution in [0.25, 0.3) is 33.3 Å². The first-order valence-electron chi connectivity index (χ1n) is 14.1. The van der Waals surface area contributed by atoms with Crippen LogP contribution in [0.4, 0.5) is 5.69 Å². The van der Waals surface area contributed by atoms with Gasteiger partial charge in [0.2, 0.25) is 0 Å². The predicted molar refractivity (Wildman–Crippen MR) is 166 cm³/mol. The maximum Gasteiger partial charge on any atom is 0.323 e. The molecule has 0 spiro atoms. The number of H-pyrrole nitrogens is 2. The molecule has 2 aromatic heterocycles. The SMILES string of the molecule is O=c1[nH]c2cccc(C3CCNC(Cc4cc(-c5ccncc5)c(N5C=NC=NC5)cc4-c4ccccc4)C3)c2[nH]1. The van der Waals surface area contributed by atoms with E-state index in [0.717, 1.165) is 53.7 Å². The third-order valence-electron chi connectivity index (χ3n) is 8.18. The van der Waals surface area contributed by atoms with Crippen LogP contribution in [0.1, 0.15) is 29.9 Å². The standard InChI is InChI=1S/C33H31N7O/c41-33-38-30-8-4-7-27(32(30)39-33)24-11-14-37-26(15-24)16-25-17-29(23-9-12-34-13-10-23)31(40-20-35-19-36-21-40)18-28(25)22-5-2-1-3-6-22/h1-10,12-13,17-20,24,26,37H,11,14-16,21H2,(H2,38,39,41). The van der Waals surface area contributed by atoms with Gasteiger partial charge in [-0.05, 0) is 89.9 Å². The van der Waals surface area contributed by atoms with Crippen LogP contribution in [0.3, 0.4) is 0 Å². The number of hydrogen-bond acceptors (Lipinski definition) is 6. The van der Waals surface area contributed by atoms with E-state index in [1.165, 1.54) is 22.3 Å². The van der Waals surface area contributed by atoms with E-state index in [2.05, 4.69) is 95.8 Å². The number of pyridine rings is 1. The lowest BCUT2D eigenvalue weighted by Crippen LogP contribution is -2.39. The zero-order chi connectivity index (χ0) is 27.6. The van der Waals surface area contributed by atoms with E-state index < -0.39 is 0 Å². The fourth-order valence-corrected chi connectivity index (χ4v) is 6.28. The lowest BCUT2D eigenvalue weighted by atomic mass is 9.82. The Morgan fingerprint density at radius 3 is 2.59 bits per heavy atom. The number of para-hydroxylation sites is 1. The van der Waals surface area contributed by atoms with Crippen LogP contribution >= 0.6 is 0 Å². The summed E-state index contributed by atoms with van der Waals surface area (Å²) in [7, 11) is 0. The molecule has 2 unspecified atom stereocenters. The van der Waals surface area contributed by atoms with Gasteiger partial charge in [0.1, 0.15) is 13.0 Å². The van der Waals surface area contributed by atoms with Crippen molar-refractivity contribution in [2.75, 3.05) is 18.1 Å². The van der Waals surface area contributed by atoms with Crippen LogP contribution in [0.5, 0.6) is 0 Å². The summed E-state index contributed by atoms with van der Waals surface area (Å²) in [6.45, 7) is 1.45. The maximum absolute atomic E-state index is 12.0. The summed E-state index contributed by atoms with van der Waals surface area (Å²) in [6, 6.07) is 25.8. The zero-order valence-corrected chi connectivity index (χ0v) is 22.6. The maximum atomic E-state index is 12.0. The number of anilines is 1. The van der Waals surface area contributed by atoms with Crippen LogP contribution in [0.2, 0.25) is 0 Å². The molecular weight excluding hydrogens is 510 g/mol. The lowest BCUT2D eigenvalue weighted by Gasteiger charge is -2.32. The largest absolute Gasteiger partial charge is 0.323 e. The van der Waals surface area contributed by atoms with Gasteiger partial charge in [0.15, 0.2) is 0 Å². The molecule has 2 aliphatic rings. The van der Waals surface area contributed by atoms with Gasteiger partial charge in [0.05, 0.1) is 23.1 Å². The topological polar surface area (TPSA) is 102 Å². The van der Waals surface area contributed by atoms with Crippen molar-refractivity contribution in [3.05, 3.63) is 107 Å². The highest BCUT2D eigenvalue weighted by Gasteiger charge is 2.27. The number of aromatic nitrogens is 3. The normalized spacial score (nSPS) is 18.7. The van der Waals surface area contributed by atoms with Crippen LogP contribution in [-0.4, -0.2) is 46.9 Å². The highest BCUT2D eigenvalue weighted by atomic mass is 16.1. The second-order valence-corrected chi connectivity index (χ2v) is 10.7. The Kier molecular flexibility index (Phi) is 6.74. The molecule has 0 saturated carbocycles. The minimum absolute atomic E-state index is 0.154. The lowest BCUT2D eigenvalue weighted by molar-refractivity contribution is 0.361. The van der Waals surface area contributed by atoms with Crippen molar-refractivity contribution >= 4 is 29.4 Å². The van der Waals surface area contributed by atoms with Gasteiger partial charge in [0.25, 0.3) is 0 Å². The summed E-state index contributed by atoms with van der Waals surface area (Å²) in [5.74, 6) is 0.359. The number of benzene rings is 3. The monoisotopic (exact) mass is 541 g/mol. The molecule has 0 radical (unpaired) electrons. The number of aliphatic imine (C=N–C) groups is 2. The molecule has 1 saturated heterocycles. The van der Waals surface area contributed by atoms with Gasteiger partial charge in [-0.2, -0.15) is 0 Å². The van der Waals surface area contributed by atoms with Gasteiger partial charge in [-0.1, -0.05) is 42.5 Å². The van der Waals surface area contributed by atoms with E-state index in [-0.39, 0.29) is 11.7 Å². The third kappa shape index (κ3) is 5.10. The molecule has 3 N–H and O–H groups in total. The molecule has 0 amide bonds. The molecule has 41 heavy (non-hydrogen) atoms. The molecule has 4 heterocycles. The number of imidazole rings is 1. The van der Waals surface area contributed by atoms with Gasteiger partial charge in [-0.3, -0.25) is 9.98 Å². The predicted octanol–water partition coefficient (Wildman–Crippen LogP) is 5.50. The van der Waals surface area contributed by atoms with Gasteiger partial charge in [-0.15, -0.1) is 0 Å². The van der Waals surface area contributed by atoms with Gasteiger partial charge >= 0.3 is 5.69 Å². The molecule has 1 fully saturated rings. The van der Waals surface area contributed by atoms with Crippen LogP contribution in [0, 0.1) is 0 Å². The summed E-state index contributed by atoms with van der Waals surface area (Å²) >= 11 is 0. The van der Waals surface area contributed by atoms with Crippen molar-refractivity contribution in [1.82, 2.24) is 20.3 Å². The van der Waals surface area contributed by atoms with Crippen molar-refractivity contribution in [1.29, 1.82) is 0 Å². The summed E-state index contributed by atoms with van der Waals surface area (Å²) in [4.78, 5) is 33.1. The summed E-state index contributed by atoms with van der Waals surface area (Å²) in [5.41, 5.74) is 9.86. The summed E-state index contributed by atoms with van der Waals surface area (Å²) in [6.07, 6.45) is 10.0. The van der Waals surface area contributed by atoms with Gasteiger partial charge < -0.3 is 20.2 Å². The Morgan fingerprint density at radius 1 is 0.902 bits per heavy atom. The van der Waals surface area contributed by atoms with Gasteiger partial charge in [-0.25, -0.2) is 9.79 Å². The third-order valence-corrected chi connectivity index (χ3v) is 8.18. The van der Waals surface area contributed by atoms with E-state index in [0.29, 0.717) is 12.6 Å². The average molecular weight is 542 g/mol. The average Bonchev–Trinajstić information content (AvgIpc) is 3.42. The first-order chi connectivity index (χ1) is 20.2. The van der Waals surface area contributed by atoms with Crippen molar-refractivity contribution in [3.63, 3.8) is 0 Å². The fraction of sp³-hybridized carbons (Fsp3) is 0.212. The Balaban J connectivity index is 1.29. The van der Waals surface area contributed by atoms with Crippen LogP contribution < -0.4 is 15.9 Å². The highest BCUT2D eigenvalue weighted by Crippen LogP contribution is 2.39. The number of piperidine rings is 1. The van der Waals surface area contributed by atoms with Crippen molar-refractivity contribution in [3.8, 4) is 22.3 Å². The molecule has 7 rings (SSSR count). The number of rotatable bonds is 6. The molecular formula is C33H31N7O.